The number of aromatic hydroxyl groups is 1. The molecule has 1 amide bonds. The molecule has 17 heavy (non-hydrogen) atoms. The fraction of sp³-hybridized carbons (Fsp3) is 0.462. The molecule has 90 valence electrons. The van der Waals surface area contributed by atoms with E-state index < -0.39 is 0 Å². The maximum atomic E-state index is 12.2. The van der Waals surface area contributed by atoms with Crippen molar-refractivity contribution in [2.75, 3.05) is 13.1 Å². The number of benzene rings is 1. The van der Waals surface area contributed by atoms with Crippen LogP contribution in [-0.2, 0) is 6.54 Å². The summed E-state index contributed by atoms with van der Waals surface area (Å²) in [5, 5.41) is 12.7. The van der Waals surface area contributed by atoms with Crippen molar-refractivity contribution in [2.24, 2.45) is 0 Å². The number of phenols is 1. The molecule has 1 aromatic carbocycles. The van der Waals surface area contributed by atoms with Gasteiger partial charge in [0.15, 0.2) is 0 Å². The van der Waals surface area contributed by atoms with Crippen LogP contribution in [-0.4, -0.2) is 35.0 Å². The molecule has 0 bridgehead atoms. The summed E-state index contributed by atoms with van der Waals surface area (Å²) >= 11 is 0. The molecule has 0 atom stereocenters. The molecule has 0 spiro atoms. The Kier molecular flexibility index (Phi) is 2.52. The summed E-state index contributed by atoms with van der Waals surface area (Å²) < 4.78 is 0. The molecule has 1 aromatic rings. The molecule has 1 fully saturated rings. The van der Waals surface area contributed by atoms with E-state index in [1.807, 2.05) is 11.0 Å². The first kappa shape index (κ1) is 10.6. The largest absolute Gasteiger partial charge is 0.508 e. The molecular weight excluding hydrogens is 216 g/mol. The normalized spacial score (nSPS) is 20.7. The average molecular weight is 232 g/mol. The van der Waals surface area contributed by atoms with Gasteiger partial charge in [0.1, 0.15) is 5.75 Å². The predicted molar refractivity (Wildman–Crippen MR) is 63.9 cm³/mol. The van der Waals surface area contributed by atoms with Crippen molar-refractivity contribution < 1.29 is 9.90 Å². The van der Waals surface area contributed by atoms with Gasteiger partial charge in [0, 0.05) is 18.2 Å². The zero-order valence-electron chi connectivity index (χ0n) is 9.65. The van der Waals surface area contributed by atoms with Gasteiger partial charge in [0.05, 0.1) is 0 Å². The number of fused-ring (bicyclic) bond motifs is 1. The smallest absolute Gasteiger partial charge is 0.254 e. The third-order valence-corrected chi connectivity index (χ3v) is 3.67. The van der Waals surface area contributed by atoms with Gasteiger partial charge in [-0.05, 0) is 43.6 Å². The molecule has 4 nitrogen and oxygen atoms in total. The minimum absolute atomic E-state index is 0.0720. The Balaban J connectivity index is 1.85. The highest BCUT2D eigenvalue weighted by Gasteiger charge is 2.33. The first-order valence-corrected chi connectivity index (χ1v) is 6.09. The molecule has 0 saturated carbocycles. The third kappa shape index (κ3) is 1.78. The molecule has 0 aromatic heterocycles. The van der Waals surface area contributed by atoms with Crippen LogP contribution in [0.1, 0.15) is 28.8 Å². The summed E-state index contributed by atoms with van der Waals surface area (Å²) in [6.07, 6.45) is 2.04. The third-order valence-electron chi connectivity index (χ3n) is 3.67. The van der Waals surface area contributed by atoms with Crippen LogP contribution in [0.4, 0.5) is 0 Å². The number of rotatable bonds is 1. The Morgan fingerprint density at radius 3 is 2.82 bits per heavy atom. The zero-order chi connectivity index (χ0) is 11.8. The zero-order valence-corrected chi connectivity index (χ0v) is 9.65. The molecule has 2 N–H and O–H groups in total. The Morgan fingerprint density at radius 2 is 2.06 bits per heavy atom. The molecule has 2 aliphatic rings. The van der Waals surface area contributed by atoms with Gasteiger partial charge in [0.2, 0.25) is 0 Å². The van der Waals surface area contributed by atoms with Crippen molar-refractivity contribution in [3.63, 3.8) is 0 Å². The molecule has 0 aliphatic carbocycles. The van der Waals surface area contributed by atoms with E-state index in [1.54, 1.807) is 12.1 Å². The minimum atomic E-state index is 0.0720. The second-order valence-electron chi connectivity index (χ2n) is 4.76. The lowest BCUT2D eigenvalue weighted by atomic mass is 10.1. The van der Waals surface area contributed by atoms with Gasteiger partial charge in [-0.2, -0.15) is 0 Å². The Morgan fingerprint density at radius 1 is 1.29 bits per heavy atom. The van der Waals surface area contributed by atoms with Crippen molar-refractivity contribution in [1.82, 2.24) is 10.2 Å². The van der Waals surface area contributed by atoms with Crippen molar-refractivity contribution >= 4 is 5.91 Å². The van der Waals surface area contributed by atoms with E-state index in [1.165, 1.54) is 0 Å². The van der Waals surface area contributed by atoms with Crippen LogP contribution in [0.25, 0.3) is 0 Å². The van der Waals surface area contributed by atoms with Gasteiger partial charge < -0.3 is 15.3 Å². The summed E-state index contributed by atoms with van der Waals surface area (Å²) in [5.74, 6) is 0.243. The number of carbonyl (C=O) groups is 1. The summed E-state index contributed by atoms with van der Waals surface area (Å²) in [4.78, 5) is 14.2. The number of amides is 1. The van der Waals surface area contributed by atoms with E-state index in [4.69, 9.17) is 0 Å². The number of nitrogens with zero attached hydrogens (tertiary/aromatic N) is 1. The topological polar surface area (TPSA) is 52.6 Å². The van der Waals surface area contributed by atoms with Crippen LogP contribution in [0, 0.1) is 0 Å². The molecule has 4 heteroatoms. The fourth-order valence-electron chi connectivity index (χ4n) is 2.72. The molecule has 3 rings (SSSR count). The Hall–Kier alpha value is -1.55. The van der Waals surface area contributed by atoms with E-state index >= 15 is 0 Å². The maximum Gasteiger partial charge on any atom is 0.254 e. The summed E-state index contributed by atoms with van der Waals surface area (Å²) in [6.45, 7) is 2.66. The Bertz CT molecular complexity index is 453. The number of nitrogens with one attached hydrogen (secondary N) is 1. The average Bonchev–Trinajstić information content (AvgIpc) is 2.68. The van der Waals surface area contributed by atoms with Gasteiger partial charge >= 0.3 is 0 Å². The molecular formula is C13H16N2O2. The lowest BCUT2D eigenvalue weighted by Gasteiger charge is -2.31. The highest BCUT2D eigenvalue weighted by atomic mass is 16.3. The van der Waals surface area contributed by atoms with Crippen LogP contribution in [0.5, 0.6) is 5.75 Å². The first-order chi connectivity index (χ1) is 8.25. The van der Waals surface area contributed by atoms with E-state index in [0.29, 0.717) is 18.2 Å². The van der Waals surface area contributed by atoms with Gasteiger partial charge in [-0.3, -0.25) is 4.79 Å². The second kappa shape index (κ2) is 4.04. The van der Waals surface area contributed by atoms with E-state index in [-0.39, 0.29) is 11.7 Å². The lowest BCUT2D eigenvalue weighted by molar-refractivity contribution is 0.0668. The van der Waals surface area contributed by atoms with Crippen LogP contribution >= 0.6 is 0 Å². The summed E-state index contributed by atoms with van der Waals surface area (Å²) in [6, 6.07) is 5.43. The highest BCUT2D eigenvalue weighted by molar-refractivity contribution is 5.98. The predicted octanol–water partition coefficient (Wildman–Crippen LogP) is 1.10. The van der Waals surface area contributed by atoms with E-state index in [0.717, 1.165) is 31.5 Å². The molecule has 1 saturated heterocycles. The second-order valence-corrected chi connectivity index (χ2v) is 4.76. The number of hydrogen-bond acceptors (Lipinski definition) is 3. The van der Waals surface area contributed by atoms with Crippen LogP contribution in [0.3, 0.4) is 0 Å². The molecule has 2 heterocycles. The van der Waals surface area contributed by atoms with E-state index in [2.05, 4.69) is 5.32 Å². The van der Waals surface area contributed by atoms with Crippen LogP contribution in [0.2, 0.25) is 0 Å². The number of phenolic OH excluding ortho intramolecular Hbond substituents is 1. The van der Waals surface area contributed by atoms with Crippen molar-refractivity contribution in [3.8, 4) is 5.75 Å². The molecule has 0 radical (unpaired) electrons. The Labute approximate surface area is 100 Å². The quantitative estimate of drug-likeness (QED) is 0.762. The summed E-state index contributed by atoms with van der Waals surface area (Å²) in [7, 11) is 0. The standard InChI is InChI=1S/C13H16N2O2/c16-11-2-1-9-8-15(13(17)12(9)7-11)10-3-5-14-6-4-10/h1-2,7,10,14,16H,3-6,8H2. The number of hydrogen-bond donors (Lipinski definition) is 2. The van der Waals surface area contributed by atoms with Gasteiger partial charge in [-0.15, -0.1) is 0 Å². The van der Waals surface area contributed by atoms with Crippen LogP contribution in [0.15, 0.2) is 18.2 Å². The minimum Gasteiger partial charge on any atom is -0.508 e. The van der Waals surface area contributed by atoms with E-state index in [9.17, 15) is 9.90 Å². The van der Waals surface area contributed by atoms with Gasteiger partial charge in [-0.1, -0.05) is 6.07 Å². The summed E-state index contributed by atoms with van der Waals surface area (Å²) in [5.41, 5.74) is 1.70. The van der Waals surface area contributed by atoms with Crippen molar-refractivity contribution in [3.05, 3.63) is 29.3 Å². The van der Waals surface area contributed by atoms with Crippen molar-refractivity contribution in [1.29, 1.82) is 0 Å². The highest BCUT2D eigenvalue weighted by Crippen LogP contribution is 2.29. The molecule has 0 unspecified atom stereocenters. The van der Waals surface area contributed by atoms with Gasteiger partial charge in [-0.25, -0.2) is 0 Å². The van der Waals surface area contributed by atoms with Crippen molar-refractivity contribution in [2.45, 2.75) is 25.4 Å². The number of piperidine rings is 1. The van der Waals surface area contributed by atoms with Crippen LogP contribution < -0.4 is 5.32 Å². The SMILES string of the molecule is O=C1c2cc(O)ccc2CN1C1CCNCC1. The monoisotopic (exact) mass is 232 g/mol. The maximum absolute atomic E-state index is 12.2. The van der Waals surface area contributed by atoms with Gasteiger partial charge in [0.25, 0.3) is 5.91 Å². The first-order valence-electron chi connectivity index (χ1n) is 6.09. The number of carbonyl (C=O) groups excluding carboxylic acids is 1. The lowest BCUT2D eigenvalue weighted by Crippen LogP contribution is -2.43. The fourth-order valence-corrected chi connectivity index (χ4v) is 2.72. The molecule has 2 aliphatic heterocycles.